The lowest BCUT2D eigenvalue weighted by Crippen LogP contribution is -2.59. The number of aliphatic imine (C=N–C) groups is 1. The van der Waals surface area contributed by atoms with Gasteiger partial charge >= 0.3 is 12.1 Å². The van der Waals surface area contributed by atoms with Crippen molar-refractivity contribution >= 4 is 39.9 Å². The highest BCUT2D eigenvalue weighted by atomic mass is 79.9. The second kappa shape index (κ2) is 12.7. The minimum atomic E-state index is -0.586. The third-order valence-corrected chi connectivity index (χ3v) is 5.13. The van der Waals surface area contributed by atoms with Gasteiger partial charge in [-0.25, -0.2) is 4.79 Å². The zero-order valence-corrected chi connectivity index (χ0v) is 20.9. The van der Waals surface area contributed by atoms with E-state index < -0.39 is 17.7 Å². The first-order valence-electron chi connectivity index (χ1n) is 10.5. The molecule has 2 rings (SSSR count). The number of hydrogen-bond donors (Lipinski definition) is 1. The Bertz CT molecular complexity index is 744. The molecule has 8 nitrogen and oxygen atoms in total. The third-order valence-electron chi connectivity index (χ3n) is 4.44. The predicted octanol–water partition coefficient (Wildman–Crippen LogP) is 3.57. The molecule has 0 aliphatic carbocycles. The van der Waals surface area contributed by atoms with E-state index in [-0.39, 0.29) is 12.5 Å². The van der Waals surface area contributed by atoms with Crippen molar-refractivity contribution < 1.29 is 19.1 Å². The average molecular weight is 499 g/mol. The summed E-state index contributed by atoms with van der Waals surface area (Å²) < 4.78 is 11.2. The number of rotatable bonds is 5. The number of ether oxygens (including phenoxy) is 2. The van der Waals surface area contributed by atoms with Gasteiger partial charge in [-0.2, -0.15) is 0 Å². The van der Waals surface area contributed by atoms with Crippen LogP contribution in [0.15, 0.2) is 27.7 Å². The summed E-state index contributed by atoms with van der Waals surface area (Å²) in [5, 5.41) is 0. The summed E-state index contributed by atoms with van der Waals surface area (Å²) in [5.41, 5.74) is 6.85. The van der Waals surface area contributed by atoms with Crippen LogP contribution in [0.25, 0.3) is 0 Å². The van der Waals surface area contributed by atoms with E-state index in [0.29, 0.717) is 31.9 Å². The van der Waals surface area contributed by atoms with Gasteiger partial charge in [0.25, 0.3) is 0 Å². The van der Waals surface area contributed by atoms with Gasteiger partial charge < -0.3 is 20.1 Å². The summed E-state index contributed by atoms with van der Waals surface area (Å²) in [6.45, 7) is 11.7. The number of nitrogens with two attached hydrogens (primary N) is 1. The molecule has 1 aromatic carbocycles. The first-order valence-corrected chi connectivity index (χ1v) is 11.3. The van der Waals surface area contributed by atoms with E-state index in [0.717, 1.165) is 10.0 Å². The monoisotopic (exact) mass is 498 g/mol. The summed E-state index contributed by atoms with van der Waals surface area (Å²) in [6, 6.07) is 5.03. The molecule has 31 heavy (non-hydrogen) atoms. The van der Waals surface area contributed by atoms with E-state index >= 15 is 0 Å². The Kier molecular flexibility index (Phi) is 11.0. The van der Waals surface area contributed by atoms with Gasteiger partial charge in [0.1, 0.15) is 11.6 Å². The Morgan fingerprint density at radius 2 is 1.97 bits per heavy atom. The number of piperazine rings is 1. The number of methoxy groups -OCH3 is 1. The number of nitrogens with zero attached hydrogens (tertiary/aromatic N) is 3. The standard InChI is InChI=1S/C20H29BrN4O4.C2H6/c1-20(2,3)29-19(27)25-11-10-24(17(13-25)18(26)28-4)9-8-23-12-14-15(21)6-5-7-16(14)22;1-2/h5-7,12,17H,8-11,13,22H2,1-4H3;1-2H3. The maximum atomic E-state index is 12.4. The Hall–Kier alpha value is -2.13. The van der Waals surface area contributed by atoms with Crippen molar-refractivity contribution in [2.45, 2.75) is 46.3 Å². The van der Waals surface area contributed by atoms with Crippen molar-refractivity contribution in [2.75, 3.05) is 45.6 Å². The molecule has 9 heteroatoms. The third kappa shape index (κ3) is 8.49. The minimum Gasteiger partial charge on any atom is -0.468 e. The SMILES string of the molecule is CC.COC(=O)C1CN(C(=O)OC(C)(C)C)CCN1CCN=Cc1c(N)cccc1Br. The number of hydrogen-bond acceptors (Lipinski definition) is 7. The summed E-state index contributed by atoms with van der Waals surface area (Å²) in [5.74, 6) is -0.378. The summed E-state index contributed by atoms with van der Waals surface area (Å²) in [6.07, 6.45) is 1.30. The molecule has 1 aliphatic rings. The molecule has 0 spiro atoms. The van der Waals surface area contributed by atoms with Crippen LogP contribution in [0.4, 0.5) is 10.5 Å². The van der Waals surface area contributed by atoms with Crippen molar-refractivity contribution in [2.24, 2.45) is 4.99 Å². The number of amides is 1. The van der Waals surface area contributed by atoms with Gasteiger partial charge in [-0.05, 0) is 32.9 Å². The lowest BCUT2D eigenvalue weighted by Gasteiger charge is -2.39. The number of carbonyl (C=O) groups excluding carboxylic acids is 2. The fraction of sp³-hybridized carbons (Fsp3) is 0.591. The van der Waals surface area contributed by atoms with Gasteiger partial charge in [-0.1, -0.05) is 35.8 Å². The molecular formula is C22H35BrN4O4. The van der Waals surface area contributed by atoms with Gasteiger partial charge in [0.15, 0.2) is 0 Å². The molecule has 0 aromatic heterocycles. The Morgan fingerprint density at radius 1 is 1.29 bits per heavy atom. The largest absolute Gasteiger partial charge is 0.468 e. The van der Waals surface area contributed by atoms with Crippen LogP contribution in [-0.4, -0.2) is 79.6 Å². The Balaban J connectivity index is 0.00000233. The Morgan fingerprint density at radius 3 is 2.55 bits per heavy atom. The molecule has 0 bridgehead atoms. The first-order chi connectivity index (χ1) is 14.6. The highest BCUT2D eigenvalue weighted by Crippen LogP contribution is 2.20. The number of carbonyl (C=O) groups is 2. The molecule has 1 heterocycles. The molecule has 1 amide bonds. The van der Waals surface area contributed by atoms with Crippen LogP contribution in [0.3, 0.4) is 0 Å². The van der Waals surface area contributed by atoms with Gasteiger partial charge in [-0.3, -0.25) is 14.7 Å². The fourth-order valence-corrected chi connectivity index (χ4v) is 3.46. The molecule has 1 fully saturated rings. The predicted molar refractivity (Wildman–Crippen MR) is 128 cm³/mol. The molecule has 0 radical (unpaired) electrons. The average Bonchev–Trinajstić information content (AvgIpc) is 2.72. The second-order valence-corrected chi connectivity index (χ2v) is 8.63. The lowest BCUT2D eigenvalue weighted by molar-refractivity contribution is -0.149. The molecule has 1 saturated heterocycles. The van der Waals surface area contributed by atoms with E-state index in [4.69, 9.17) is 15.2 Å². The van der Waals surface area contributed by atoms with Gasteiger partial charge in [-0.15, -0.1) is 0 Å². The zero-order valence-electron chi connectivity index (χ0n) is 19.4. The quantitative estimate of drug-likeness (QED) is 0.378. The van der Waals surface area contributed by atoms with Crippen molar-refractivity contribution in [1.29, 1.82) is 0 Å². The molecule has 1 aliphatic heterocycles. The molecule has 2 N–H and O–H groups in total. The highest BCUT2D eigenvalue weighted by Gasteiger charge is 2.36. The van der Waals surface area contributed by atoms with E-state index in [1.807, 2.05) is 57.7 Å². The van der Waals surface area contributed by atoms with E-state index in [1.165, 1.54) is 7.11 Å². The van der Waals surface area contributed by atoms with E-state index in [1.54, 1.807) is 11.1 Å². The molecule has 1 atom stereocenters. The van der Waals surface area contributed by atoms with Crippen molar-refractivity contribution in [3.8, 4) is 0 Å². The summed E-state index contributed by atoms with van der Waals surface area (Å²) >= 11 is 3.46. The number of nitrogen functional groups attached to an aromatic ring is 1. The first kappa shape index (κ1) is 26.9. The maximum absolute atomic E-state index is 12.4. The fourth-order valence-electron chi connectivity index (χ4n) is 2.97. The van der Waals surface area contributed by atoms with Crippen LogP contribution in [0.5, 0.6) is 0 Å². The van der Waals surface area contributed by atoms with Crippen molar-refractivity contribution in [3.63, 3.8) is 0 Å². The van der Waals surface area contributed by atoms with Crippen molar-refractivity contribution in [3.05, 3.63) is 28.2 Å². The van der Waals surface area contributed by atoms with Crippen LogP contribution in [0.2, 0.25) is 0 Å². The number of anilines is 1. The summed E-state index contributed by atoms with van der Waals surface area (Å²) in [4.78, 5) is 32.6. The lowest BCUT2D eigenvalue weighted by atomic mass is 10.1. The van der Waals surface area contributed by atoms with E-state index in [2.05, 4.69) is 20.9 Å². The normalized spacial score (nSPS) is 17.1. The van der Waals surface area contributed by atoms with Crippen molar-refractivity contribution in [1.82, 2.24) is 9.80 Å². The number of benzene rings is 1. The van der Waals surface area contributed by atoms with Gasteiger partial charge in [0.2, 0.25) is 0 Å². The molecule has 174 valence electrons. The van der Waals surface area contributed by atoms with Crippen LogP contribution in [0, 0.1) is 0 Å². The Labute approximate surface area is 193 Å². The van der Waals surface area contributed by atoms with Gasteiger partial charge in [0.05, 0.1) is 20.2 Å². The van der Waals surface area contributed by atoms with Crippen LogP contribution in [0.1, 0.15) is 40.2 Å². The minimum absolute atomic E-state index is 0.225. The molecule has 0 saturated carbocycles. The second-order valence-electron chi connectivity index (χ2n) is 7.78. The highest BCUT2D eigenvalue weighted by molar-refractivity contribution is 9.10. The zero-order chi connectivity index (χ0) is 23.6. The number of halogens is 1. The van der Waals surface area contributed by atoms with Crippen LogP contribution >= 0.6 is 15.9 Å². The molecule has 1 unspecified atom stereocenters. The van der Waals surface area contributed by atoms with E-state index in [9.17, 15) is 9.59 Å². The number of esters is 1. The van der Waals surface area contributed by atoms with Gasteiger partial charge in [0, 0.05) is 41.6 Å². The smallest absolute Gasteiger partial charge is 0.410 e. The molecular weight excluding hydrogens is 464 g/mol. The summed E-state index contributed by atoms with van der Waals surface area (Å²) in [7, 11) is 1.35. The maximum Gasteiger partial charge on any atom is 0.410 e. The van der Waals surface area contributed by atoms with Crippen LogP contribution < -0.4 is 5.73 Å². The topological polar surface area (TPSA) is 97.5 Å². The molecule has 1 aromatic rings. The van der Waals surface area contributed by atoms with Crippen LogP contribution in [-0.2, 0) is 14.3 Å².